The molecule has 0 atom stereocenters. The summed E-state index contributed by atoms with van der Waals surface area (Å²) in [4.78, 5) is 0. The van der Waals surface area contributed by atoms with Gasteiger partial charge in [-0.1, -0.05) is 41.9 Å². The third-order valence-corrected chi connectivity index (χ3v) is 2.41. The first kappa shape index (κ1) is 11.5. The fourth-order valence-corrected chi connectivity index (χ4v) is 1.63. The van der Waals surface area contributed by atoms with E-state index in [1.165, 1.54) is 0 Å². The second-order valence-corrected chi connectivity index (χ2v) is 3.82. The Labute approximate surface area is 104 Å². The molecular weight excluding hydrogens is 238 g/mol. The van der Waals surface area contributed by atoms with Crippen molar-refractivity contribution in [3.63, 3.8) is 0 Å². The van der Waals surface area contributed by atoms with E-state index < -0.39 is 0 Å². The number of benzene rings is 1. The maximum absolute atomic E-state index is 8.41. The molecule has 0 aliphatic heterocycles. The summed E-state index contributed by atoms with van der Waals surface area (Å²) in [5, 5.41) is 13.0. The van der Waals surface area contributed by atoms with E-state index in [2.05, 4.69) is 5.10 Å². The van der Waals surface area contributed by atoms with E-state index >= 15 is 0 Å². The Morgan fingerprint density at radius 3 is 2.82 bits per heavy atom. The summed E-state index contributed by atoms with van der Waals surface area (Å²) in [5.41, 5.74) is 1.12. The molecule has 0 unspecified atom stereocenters. The predicted molar refractivity (Wildman–Crippen MR) is 63.9 cm³/mol. The molecule has 1 aromatic heterocycles. The highest BCUT2D eigenvalue weighted by molar-refractivity contribution is 6.31. The van der Waals surface area contributed by atoms with Gasteiger partial charge in [0.15, 0.2) is 6.61 Å². The molecule has 86 valence electrons. The smallest absolute Gasteiger partial charge is 0.252 e. The van der Waals surface area contributed by atoms with Crippen molar-refractivity contribution in [3.05, 3.63) is 47.1 Å². The molecule has 0 saturated heterocycles. The number of hydrogen-bond acceptors (Lipinski definition) is 3. The van der Waals surface area contributed by atoms with E-state index in [-0.39, 0.29) is 6.61 Å². The Morgan fingerprint density at radius 1 is 1.35 bits per heavy atom. The second-order valence-electron chi connectivity index (χ2n) is 3.41. The Hall–Kier alpha value is -1.99. The lowest BCUT2D eigenvalue weighted by molar-refractivity contribution is 0.348. The highest BCUT2D eigenvalue weighted by atomic mass is 35.5. The van der Waals surface area contributed by atoms with Gasteiger partial charge in [-0.25, -0.2) is 0 Å². The molecule has 0 fully saturated rings. The Kier molecular flexibility index (Phi) is 3.63. The van der Waals surface area contributed by atoms with Crippen LogP contribution in [0.4, 0.5) is 0 Å². The Bertz CT molecular complexity index is 530. The second kappa shape index (κ2) is 5.37. The normalized spacial score (nSPS) is 9.88. The number of nitrogens with zero attached hydrogens (tertiary/aromatic N) is 3. The molecule has 2 aromatic rings. The first-order valence-corrected chi connectivity index (χ1v) is 5.44. The lowest BCUT2D eigenvalue weighted by Crippen LogP contribution is -2.01. The summed E-state index contributed by atoms with van der Waals surface area (Å²) >= 11 is 5.93. The van der Waals surface area contributed by atoms with E-state index in [0.29, 0.717) is 17.4 Å². The van der Waals surface area contributed by atoms with Crippen molar-refractivity contribution in [2.45, 2.75) is 6.54 Å². The van der Waals surface area contributed by atoms with Gasteiger partial charge in [-0.3, -0.25) is 4.68 Å². The van der Waals surface area contributed by atoms with E-state index in [4.69, 9.17) is 21.6 Å². The van der Waals surface area contributed by atoms with Gasteiger partial charge in [0.05, 0.1) is 6.54 Å². The minimum atomic E-state index is -0.0535. The van der Waals surface area contributed by atoms with Gasteiger partial charge in [-0.2, -0.15) is 5.26 Å². The van der Waals surface area contributed by atoms with Gasteiger partial charge in [-0.05, 0) is 5.56 Å². The predicted octanol–water partition coefficient (Wildman–Crippen LogP) is 2.49. The summed E-state index contributed by atoms with van der Waals surface area (Å²) < 4.78 is 6.76. The monoisotopic (exact) mass is 247 g/mol. The van der Waals surface area contributed by atoms with Crippen LogP contribution in [0, 0.1) is 11.3 Å². The summed E-state index contributed by atoms with van der Waals surface area (Å²) in [6.07, 6.45) is 1.68. The molecule has 0 bridgehead atoms. The molecule has 2 rings (SSSR count). The maximum Gasteiger partial charge on any atom is 0.252 e. The molecule has 0 amide bonds. The van der Waals surface area contributed by atoms with E-state index in [1.54, 1.807) is 10.9 Å². The summed E-state index contributed by atoms with van der Waals surface area (Å²) in [5.74, 6) is 0.296. The molecule has 0 aliphatic carbocycles. The van der Waals surface area contributed by atoms with Crippen LogP contribution in [0.3, 0.4) is 0 Å². The van der Waals surface area contributed by atoms with Crippen LogP contribution in [0.5, 0.6) is 5.88 Å². The van der Waals surface area contributed by atoms with Crippen molar-refractivity contribution in [3.8, 4) is 11.9 Å². The fourth-order valence-electron chi connectivity index (χ4n) is 1.43. The number of nitriles is 1. The minimum Gasteiger partial charge on any atom is -0.460 e. The Balaban J connectivity index is 2.10. The van der Waals surface area contributed by atoms with Gasteiger partial charge in [0, 0.05) is 6.20 Å². The zero-order valence-electron chi connectivity index (χ0n) is 9.01. The maximum atomic E-state index is 8.41. The number of aromatic nitrogens is 2. The van der Waals surface area contributed by atoms with E-state index in [9.17, 15) is 0 Å². The molecule has 0 radical (unpaired) electrons. The SMILES string of the molecule is N#CCOc1nn(Cc2ccccc2)cc1Cl. The number of hydrogen-bond donors (Lipinski definition) is 0. The fraction of sp³-hybridized carbons (Fsp3) is 0.167. The van der Waals surface area contributed by atoms with Crippen LogP contribution in [-0.2, 0) is 6.54 Å². The summed E-state index contributed by atoms with van der Waals surface area (Å²) in [7, 11) is 0. The van der Waals surface area contributed by atoms with Gasteiger partial charge >= 0.3 is 0 Å². The van der Waals surface area contributed by atoms with Crippen molar-refractivity contribution in [1.82, 2.24) is 9.78 Å². The Morgan fingerprint density at radius 2 is 2.12 bits per heavy atom. The lowest BCUT2D eigenvalue weighted by atomic mass is 10.2. The van der Waals surface area contributed by atoms with Gasteiger partial charge in [-0.15, -0.1) is 5.10 Å². The molecule has 0 N–H and O–H groups in total. The lowest BCUT2D eigenvalue weighted by Gasteiger charge is -2.00. The molecule has 5 heteroatoms. The van der Waals surface area contributed by atoms with Gasteiger partial charge in [0.2, 0.25) is 0 Å². The molecule has 4 nitrogen and oxygen atoms in total. The van der Waals surface area contributed by atoms with Gasteiger partial charge < -0.3 is 4.74 Å². The standard InChI is InChI=1S/C12H10ClN3O/c13-11-9-16(15-12(11)17-7-6-14)8-10-4-2-1-3-5-10/h1-5,9H,7-8H2. The summed E-state index contributed by atoms with van der Waals surface area (Å²) in [6.45, 7) is 0.568. The quantitative estimate of drug-likeness (QED) is 0.834. The van der Waals surface area contributed by atoms with Crippen LogP contribution in [0.1, 0.15) is 5.56 Å². The van der Waals surface area contributed by atoms with Gasteiger partial charge in [0.25, 0.3) is 5.88 Å². The zero-order valence-corrected chi connectivity index (χ0v) is 9.76. The number of ether oxygens (including phenoxy) is 1. The first-order chi connectivity index (χ1) is 8.29. The molecular formula is C12H10ClN3O. The van der Waals surface area contributed by atoms with E-state index in [0.717, 1.165) is 5.56 Å². The molecule has 1 heterocycles. The largest absolute Gasteiger partial charge is 0.460 e. The van der Waals surface area contributed by atoms with Crippen molar-refractivity contribution >= 4 is 11.6 Å². The molecule has 0 spiro atoms. The minimum absolute atomic E-state index is 0.0535. The van der Waals surface area contributed by atoms with Crippen LogP contribution < -0.4 is 4.74 Å². The average Bonchev–Trinajstić information content (AvgIpc) is 2.68. The highest BCUT2D eigenvalue weighted by Crippen LogP contribution is 2.22. The van der Waals surface area contributed by atoms with Crippen LogP contribution in [-0.4, -0.2) is 16.4 Å². The van der Waals surface area contributed by atoms with Crippen LogP contribution in [0.15, 0.2) is 36.5 Å². The van der Waals surface area contributed by atoms with Crippen LogP contribution >= 0.6 is 11.6 Å². The number of halogens is 1. The van der Waals surface area contributed by atoms with E-state index in [1.807, 2.05) is 36.4 Å². The topological polar surface area (TPSA) is 50.8 Å². The van der Waals surface area contributed by atoms with Crippen molar-refractivity contribution < 1.29 is 4.74 Å². The zero-order chi connectivity index (χ0) is 12.1. The third kappa shape index (κ3) is 2.99. The van der Waals surface area contributed by atoms with Crippen LogP contribution in [0.25, 0.3) is 0 Å². The van der Waals surface area contributed by atoms with Crippen molar-refractivity contribution in [2.75, 3.05) is 6.61 Å². The first-order valence-electron chi connectivity index (χ1n) is 5.06. The summed E-state index contributed by atoms with van der Waals surface area (Å²) in [6, 6.07) is 11.8. The average molecular weight is 248 g/mol. The molecule has 0 saturated carbocycles. The molecule has 1 aromatic carbocycles. The van der Waals surface area contributed by atoms with Crippen LogP contribution in [0.2, 0.25) is 5.02 Å². The number of rotatable bonds is 4. The van der Waals surface area contributed by atoms with Crippen molar-refractivity contribution in [2.24, 2.45) is 0 Å². The van der Waals surface area contributed by atoms with Gasteiger partial charge in [0.1, 0.15) is 11.1 Å². The van der Waals surface area contributed by atoms with Crippen molar-refractivity contribution in [1.29, 1.82) is 5.26 Å². The molecule has 0 aliphatic rings. The third-order valence-electron chi connectivity index (χ3n) is 2.15. The molecule has 17 heavy (non-hydrogen) atoms. The highest BCUT2D eigenvalue weighted by Gasteiger charge is 2.07.